The van der Waals surface area contributed by atoms with Crippen LogP contribution in [0, 0.1) is 6.92 Å². The van der Waals surface area contributed by atoms with Crippen molar-refractivity contribution in [3.63, 3.8) is 0 Å². The minimum absolute atomic E-state index is 0.0535. The SMILES string of the molecule is Cc1ccccc1-c1cc(=O)oc2cc(C(C=O)C(=O)N3CCC(S(N)(=O)=O)C3)ccc12. The molecule has 8 nitrogen and oxygen atoms in total. The van der Waals surface area contributed by atoms with Gasteiger partial charge in [-0.3, -0.25) is 4.79 Å². The fourth-order valence-corrected chi connectivity index (χ4v) is 4.96. The molecule has 2 aromatic carbocycles. The van der Waals surface area contributed by atoms with E-state index < -0.39 is 32.7 Å². The molecular weight excluding hydrogens is 432 g/mol. The average molecular weight is 455 g/mol. The minimum Gasteiger partial charge on any atom is -0.423 e. The summed E-state index contributed by atoms with van der Waals surface area (Å²) in [5.74, 6) is -1.66. The van der Waals surface area contributed by atoms with Crippen LogP contribution in [0.5, 0.6) is 0 Å². The molecule has 1 aliphatic rings. The molecule has 1 fully saturated rings. The predicted octanol–water partition coefficient (Wildman–Crippen LogP) is 1.94. The van der Waals surface area contributed by atoms with Crippen LogP contribution in [-0.2, 0) is 19.6 Å². The molecule has 166 valence electrons. The molecule has 0 aliphatic carbocycles. The third kappa shape index (κ3) is 4.09. The fraction of sp³-hybridized carbons (Fsp3) is 0.261. The number of benzene rings is 2. The maximum Gasteiger partial charge on any atom is 0.336 e. The molecule has 9 heteroatoms. The summed E-state index contributed by atoms with van der Waals surface area (Å²) in [6, 6.07) is 13.9. The van der Waals surface area contributed by atoms with E-state index in [2.05, 4.69) is 0 Å². The van der Waals surface area contributed by atoms with Crippen LogP contribution in [0.25, 0.3) is 22.1 Å². The summed E-state index contributed by atoms with van der Waals surface area (Å²) in [5, 5.41) is 5.03. The number of amides is 1. The third-order valence-electron chi connectivity index (χ3n) is 5.89. The first-order chi connectivity index (χ1) is 15.2. The lowest BCUT2D eigenvalue weighted by molar-refractivity contribution is -0.133. The maximum absolute atomic E-state index is 13.0. The van der Waals surface area contributed by atoms with Crippen molar-refractivity contribution in [1.29, 1.82) is 0 Å². The summed E-state index contributed by atoms with van der Waals surface area (Å²) in [7, 11) is -3.77. The van der Waals surface area contributed by atoms with E-state index in [1.165, 1.54) is 17.0 Å². The number of likely N-dealkylation sites (tertiary alicyclic amines) is 1. The molecule has 1 aromatic heterocycles. The maximum atomic E-state index is 13.0. The molecule has 1 amide bonds. The standard InChI is InChI=1S/C23H22N2O6S/c1-14-4-2-3-5-17(14)19-11-22(27)31-21-10-15(6-7-18(19)21)20(13-26)23(28)25-9-8-16(12-25)32(24,29)30/h2-7,10-11,13,16,20H,8-9,12H2,1H3,(H2,24,29,30). The lowest BCUT2D eigenvalue weighted by Gasteiger charge is -2.20. The van der Waals surface area contributed by atoms with Crippen molar-refractivity contribution in [3.8, 4) is 11.1 Å². The summed E-state index contributed by atoms with van der Waals surface area (Å²) in [6.45, 7) is 2.09. The van der Waals surface area contributed by atoms with Crippen molar-refractivity contribution in [2.24, 2.45) is 5.14 Å². The van der Waals surface area contributed by atoms with Gasteiger partial charge in [0.2, 0.25) is 15.9 Å². The number of hydrogen-bond acceptors (Lipinski definition) is 6. The normalized spacial score (nSPS) is 17.4. The molecule has 2 unspecified atom stereocenters. The first-order valence-corrected chi connectivity index (χ1v) is 11.7. The number of aldehydes is 1. The fourth-order valence-electron chi connectivity index (χ4n) is 4.14. The van der Waals surface area contributed by atoms with Crippen LogP contribution < -0.4 is 10.8 Å². The van der Waals surface area contributed by atoms with Gasteiger partial charge in [0, 0.05) is 30.1 Å². The predicted molar refractivity (Wildman–Crippen MR) is 120 cm³/mol. The molecule has 0 bridgehead atoms. The van der Waals surface area contributed by atoms with Crippen molar-refractivity contribution >= 4 is 33.2 Å². The highest BCUT2D eigenvalue weighted by Crippen LogP contribution is 2.32. The van der Waals surface area contributed by atoms with Crippen molar-refractivity contribution in [3.05, 3.63) is 70.1 Å². The molecule has 1 aliphatic heterocycles. The largest absolute Gasteiger partial charge is 0.423 e. The van der Waals surface area contributed by atoms with Crippen molar-refractivity contribution in [2.45, 2.75) is 24.5 Å². The van der Waals surface area contributed by atoms with E-state index in [1.54, 1.807) is 12.1 Å². The van der Waals surface area contributed by atoms with Crippen molar-refractivity contribution < 1.29 is 22.4 Å². The summed E-state index contributed by atoms with van der Waals surface area (Å²) in [5.41, 5.74) is 2.65. The minimum atomic E-state index is -3.77. The summed E-state index contributed by atoms with van der Waals surface area (Å²) < 4.78 is 28.6. The molecule has 2 atom stereocenters. The Morgan fingerprint density at radius 3 is 2.59 bits per heavy atom. The number of sulfonamides is 1. The second-order valence-electron chi connectivity index (χ2n) is 7.95. The monoisotopic (exact) mass is 454 g/mol. The third-order valence-corrected chi connectivity index (χ3v) is 7.20. The highest BCUT2D eigenvalue weighted by Gasteiger charge is 2.36. The lowest BCUT2D eigenvalue weighted by Crippen LogP contribution is -2.37. The number of fused-ring (bicyclic) bond motifs is 1. The highest BCUT2D eigenvalue weighted by atomic mass is 32.2. The molecule has 0 spiro atoms. The Balaban J connectivity index is 1.72. The molecule has 3 aromatic rings. The Labute approximate surface area is 184 Å². The number of carbonyl (C=O) groups is 2. The smallest absolute Gasteiger partial charge is 0.336 e. The van der Waals surface area contributed by atoms with E-state index in [9.17, 15) is 22.8 Å². The van der Waals surface area contributed by atoms with Crippen molar-refractivity contribution in [2.75, 3.05) is 13.1 Å². The van der Waals surface area contributed by atoms with Gasteiger partial charge in [0.15, 0.2) is 0 Å². The van der Waals surface area contributed by atoms with E-state index in [1.807, 2.05) is 31.2 Å². The Bertz CT molecular complexity index is 1380. The van der Waals surface area contributed by atoms with Crippen LogP contribution in [0.15, 0.2) is 57.7 Å². The highest BCUT2D eigenvalue weighted by molar-refractivity contribution is 7.89. The van der Waals surface area contributed by atoms with Gasteiger partial charge in [-0.1, -0.05) is 36.4 Å². The Kier molecular flexibility index (Phi) is 5.70. The Morgan fingerprint density at radius 2 is 1.94 bits per heavy atom. The van der Waals surface area contributed by atoms with E-state index in [0.717, 1.165) is 11.1 Å². The molecular formula is C23H22N2O6S. The molecule has 2 heterocycles. The lowest BCUT2D eigenvalue weighted by atomic mass is 9.94. The van der Waals surface area contributed by atoms with Gasteiger partial charge in [0.05, 0.1) is 5.25 Å². The van der Waals surface area contributed by atoms with E-state index in [4.69, 9.17) is 9.56 Å². The molecule has 32 heavy (non-hydrogen) atoms. The van der Waals surface area contributed by atoms with Gasteiger partial charge in [-0.2, -0.15) is 0 Å². The number of aryl methyl sites for hydroxylation is 1. The molecule has 2 N–H and O–H groups in total. The van der Waals surface area contributed by atoms with Gasteiger partial charge in [-0.05, 0) is 36.1 Å². The molecule has 1 saturated heterocycles. The number of nitrogens with two attached hydrogens (primary N) is 1. The number of carbonyl (C=O) groups excluding carboxylic acids is 2. The Morgan fingerprint density at radius 1 is 1.19 bits per heavy atom. The molecule has 0 saturated carbocycles. The van der Waals surface area contributed by atoms with Gasteiger partial charge in [-0.15, -0.1) is 0 Å². The number of rotatable bonds is 5. The van der Waals surface area contributed by atoms with E-state index >= 15 is 0 Å². The van der Waals surface area contributed by atoms with Crippen LogP contribution in [-0.4, -0.2) is 43.9 Å². The van der Waals surface area contributed by atoms with Crippen LogP contribution in [0.2, 0.25) is 0 Å². The second kappa shape index (κ2) is 8.33. The Hall–Kier alpha value is -3.30. The second-order valence-corrected chi connectivity index (χ2v) is 9.79. The van der Waals surface area contributed by atoms with Crippen LogP contribution in [0.1, 0.15) is 23.5 Å². The quantitative estimate of drug-likeness (QED) is 0.356. The summed E-state index contributed by atoms with van der Waals surface area (Å²) in [6.07, 6.45) is 0.736. The van der Waals surface area contributed by atoms with Crippen molar-refractivity contribution in [1.82, 2.24) is 4.90 Å². The van der Waals surface area contributed by atoms with E-state index in [-0.39, 0.29) is 25.1 Å². The first-order valence-electron chi connectivity index (χ1n) is 10.1. The topological polar surface area (TPSA) is 128 Å². The van der Waals surface area contributed by atoms with Crippen LogP contribution in [0.3, 0.4) is 0 Å². The van der Waals surface area contributed by atoms with Gasteiger partial charge in [0.25, 0.3) is 0 Å². The summed E-state index contributed by atoms with van der Waals surface area (Å²) >= 11 is 0. The average Bonchev–Trinajstić information content (AvgIpc) is 3.25. The molecule has 0 radical (unpaired) electrons. The first kappa shape index (κ1) is 21.9. The van der Waals surface area contributed by atoms with Gasteiger partial charge < -0.3 is 14.1 Å². The number of nitrogens with zero attached hydrogens (tertiary/aromatic N) is 1. The number of hydrogen-bond donors (Lipinski definition) is 1. The zero-order valence-electron chi connectivity index (χ0n) is 17.4. The van der Waals surface area contributed by atoms with E-state index in [0.29, 0.717) is 22.8 Å². The van der Waals surface area contributed by atoms with Crippen LogP contribution in [0.4, 0.5) is 0 Å². The molecule has 4 rings (SSSR count). The zero-order chi connectivity index (χ0) is 23.0. The van der Waals surface area contributed by atoms with Gasteiger partial charge in [0.1, 0.15) is 17.8 Å². The summed E-state index contributed by atoms with van der Waals surface area (Å²) in [4.78, 5) is 38.4. The number of primary sulfonamides is 1. The van der Waals surface area contributed by atoms with Gasteiger partial charge in [-0.25, -0.2) is 18.4 Å². The zero-order valence-corrected chi connectivity index (χ0v) is 18.2. The van der Waals surface area contributed by atoms with Gasteiger partial charge >= 0.3 is 5.63 Å². The van der Waals surface area contributed by atoms with Crippen LogP contribution >= 0.6 is 0 Å².